The third-order valence-corrected chi connectivity index (χ3v) is 3.95. The first kappa shape index (κ1) is 15.5. The van der Waals surface area contributed by atoms with Crippen LogP contribution in [0.15, 0.2) is 30.5 Å². The first-order valence-corrected chi connectivity index (χ1v) is 7.63. The third kappa shape index (κ3) is 3.68. The van der Waals surface area contributed by atoms with E-state index in [0.29, 0.717) is 19.0 Å². The second-order valence-corrected chi connectivity index (χ2v) is 5.60. The normalized spacial score (nSPS) is 17.3. The van der Waals surface area contributed by atoms with Crippen molar-refractivity contribution in [3.63, 3.8) is 0 Å². The Labute approximate surface area is 134 Å². The molecule has 1 atom stereocenters. The van der Waals surface area contributed by atoms with Crippen molar-refractivity contribution in [2.75, 3.05) is 13.2 Å². The number of hydrogen-bond acceptors (Lipinski definition) is 5. The van der Waals surface area contributed by atoms with E-state index in [1.54, 1.807) is 11.5 Å². The van der Waals surface area contributed by atoms with Gasteiger partial charge >= 0.3 is 5.82 Å². The lowest BCUT2D eigenvalue weighted by atomic mass is 10.2. The first-order chi connectivity index (χ1) is 11.1. The molecule has 2 heterocycles. The molecule has 1 aliphatic rings. The zero-order chi connectivity index (χ0) is 16.2. The van der Waals surface area contributed by atoms with Gasteiger partial charge in [-0.2, -0.15) is 0 Å². The van der Waals surface area contributed by atoms with E-state index in [-0.39, 0.29) is 11.9 Å². The Morgan fingerprint density at radius 1 is 1.43 bits per heavy atom. The summed E-state index contributed by atoms with van der Waals surface area (Å²) in [7, 11) is 0. The lowest BCUT2D eigenvalue weighted by Gasteiger charge is -2.11. The minimum absolute atomic E-state index is 0.00112. The fraction of sp³-hybridized carbons (Fsp3) is 0.438. The van der Waals surface area contributed by atoms with Gasteiger partial charge in [-0.1, -0.05) is 12.1 Å². The lowest BCUT2D eigenvalue weighted by Crippen LogP contribution is -2.16. The Kier molecular flexibility index (Phi) is 4.57. The molecular formula is C16H19N3O4. The number of hydrogen-bond donors (Lipinski definition) is 0. The van der Waals surface area contributed by atoms with Gasteiger partial charge in [-0.05, 0) is 35.5 Å². The van der Waals surface area contributed by atoms with E-state index < -0.39 is 4.92 Å². The number of nitrogens with zero attached hydrogens (tertiary/aromatic N) is 3. The number of aryl methyl sites for hydroxylation is 1. The van der Waals surface area contributed by atoms with Crippen molar-refractivity contribution in [1.82, 2.24) is 9.55 Å². The molecule has 1 saturated heterocycles. The van der Waals surface area contributed by atoms with Gasteiger partial charge in [-0.3, -0.25) is 0 Å². The minimum atomic E-state index is -0.418. The summed E-state index contributed by atoms with van der Waals surface area (Å²) in [5, 5.41) is 11.0. The highest BCUT2D eigenvalue weighted by atomic mass is 16.6. The van der Waals surface area contributed by atoms with Crippen molar-refractivity contribution in [3.05, 3.63) is 52.0 Å². The van der Waals surface area contributed by atoms with Crippen LogP contribution in [0.3, 0.4) is 0 Å². The molecule has 1 fully saturated rings. The summed E-state index contributed by atoms with van der Waals surface area (Å²) in [5.41, 5.74) is 0.957. The number of ether oxygens (including phenoxy) is 2. The zero-order valence-corrected chi connectivity index (χ0v) is 13.0. The minimum Gasteiger partial charge on any atom is -0.491 e. The van der Waals surface area contributed by atoms with Crippen molar-refractivity contribution >= 4 is 5.82 Å². The molecular weight excluding hydrogens is 298 g/mol. The molecule has 0 amide bonds. The number of benzene rings is 1. The Morgan fingerprint density at radius 2 is 2.22 bits per heavy atom. The SMILES string of the molecule is Cc1ncc([N+](=O)[O-])n1Cc1ccc(OC[C@@H]2CCCO2)cc1. The molecule has 2 aromatic rings. The summed E-state index contributed by atoms with van der Waals surface area (Å²) in [5.74, 6) is 1.40. The van der Waals surface area contributed by atoms with Crippen molar-refractivity contribution in [2.24, 2.45) is 0 Å². The van der Waals surface area contributed by atoms with Crippen LogP contribution in [-0.4, -0.2) is 33.8 Å². The van der Waals surface area contributed by atoms with Crippen LogP contribution in [0.1, 0.15) is 24.2 Å². The molecule has 0 aliphatic carbocycles. The molecule has 0 saturated carbocycles. The fourth-order valence-electron chi connectivity index (χ4n) is 2.64. The maximum absolute atomic E-state index is 11.0. The Hall–Kier alpha value is -2.41. The predicted molar refractivity (Wildman–Crippen MR) is 83.6 cm³/mol. The van der Waals surface area contributed by atoms with E-state index >= 15 is 0 Å². The van der Waals surface area contributed by atoms with Gasteiger partial charge in [0.2, 0.25) is 0 Å². The van der Waals surface area contributed by atoms with Crippen LogP contribution in [-0.2, 0) is 11.3 Å². The van der Waals surface area contributed by atoms with Gasteiger partial charge in [-0.15, -0.1) is 0 Å². The lowest BCUT2D eigenvalue weighted by molar-refractivity contribution is -0.392. The van der Waals surface area contributed by atoms with E-state index in [0.717, 1.165) is 30.8 Å². The van der Waals surface area contributed by atoms with Crippen LogP contribution in [0.5, 0.6) is 5.75 Å². The van der Waals surface area contributed by atoms with Crippen LogP contribution < -0.4 is 4.74 Å². The predicted octanol–water partition coefficient (Wildman–Crippen LogP) is 2.71. The number of aromatic nitrogens is 2. The summed E-state index contributed by atoms with van der Waals surface area (Å²) in [6.45, 7) is 3.54. The maximum Gasteiger partial charge on any atom is 0.343 e. The first-order valence-electron chi connectivity index (χ1n) is 7.63. The van der Waals surface area contributed by atoms with Crippen molar-refractivity contribution in [3.8, 4) is 5.75 Å². The molecule has 0 bridgehead atoms. The highest BCUT2D eigenvalue weighted by molar-refractivity contribution is 5.29. The van der Waals surface area contributed by atoms with E-state index in [1.807, 2.05) is 24.3 Å². The Morgan fingerprint density at radius 3 is 2.87 bits per heavy atom. The van der Waals surface area contributed by atoms with E-state index in [9.17, 15) is 10.1 Å². The summed E-state index contributed by atoms with van der Waals surface area (Å²) < 4.78 is 12.8. The topological polar surface area (TPSA) is 79.4 Å². The molecule has 7 nitrogen and oxygen atoms in total. The third-order valence-electron chi connectivity index (χ3n) is 3.95. The summed E-state index contributed by atoms with van der Waals surface area (Å²) in [4.78, 5) is 14.6. The van der Waals surface area contributed by atoms with E-state index in [4.69, 9.17) is 9.47 Å². The molecule has 0 spiro atoms. The Balaban J connectivity index is 1.63. The molecule has 1 aromatic heterocycles. The summed E-state index contributed by atoms with van der Waals surface area (Å²) in [6.07, 6.45) is 3.61. The molecule has 0 N–H and O–H groups in total. The van der Waals surface area contributed by atoms with E-state index in [1.165, 1.54) is 6.20 Å². The van der Waals surface area contributed by atoms with Gasteiger partial charge in [-0.25, -0.2) is 9.55 Å². The van der Waals surface area contributed by atoms with Crippen LogP contribution in [0.4, 0.5) is 5.82 Å². The average Bonchev–Trinajstić information content (AvgIpc) is 3.17. The van der Waals surface area contributed by atoms with Gasteiger partial charge in [0.15, 0.2) is 5.82 Å². The van der Waals surface area contributed by atoms with Crippen LogP contribution >= 0.6 is 0 Å². The fourth-order valence-corrected chi connectivity index (χ4v) is 2.64. The molecule has 0 unspecified atom stereocenters. The largest absolute Gasteiger partial charge is 0.491 e. The maximum atomic E-state index is 11.0. The zero-order valence-electron chi connectivity index (χ0n) is 13.0. The monoisotopic (exact) mass is 317 g/mol. The van der Waals surface area contributed by atoms with Gasteiger partial charge < -0.3 is 19.6 Å². The van der Waals surface area contributed by atoms with Crippen molar-refractivity contribution < 1.29 is 14.4 Å². The van der Waals surface area contributed by atoms with Gasteiger partial charge in [0, 0.05) is 13.5 Å². The van der Waals surface area contributed by atoms with Gasteiger partial charge in [0.05, 0.1) is 6.10 Å². The number of nitro groups is 1. The van der Waals surface area contributed by atoms with Gasteiger partial charge in [0.25, 0.3) is 0 Å². The van der Waals surface area contributed by atoms with Crippen molar-refractivity contribution in [1.29, 1.82) is 0 Å². The molecule has 0 radical (unpaired) electrons. The van der Waals surface area contributed by atoms with Crippen molar-refractivity contribution in [2.45, 2.75) is 32.4 Å². The summed E-state index contributed by atoms with van der Waals surface area (Å²) >= 11 is 0. The quantitative estimate of drug-likeness (QED) is 0.604. The molecule has 1 aromatic carbocycles. The standard InChI is InChI=1S/C16H19N3O4/c1-12-17-9-16(19(20)21)18(12)10-13-4-6-14(7-5-13)23-11-15-3-2-8-22-15/h4-7,9,15H,2-3,8,10-11H2,1H3/t15-/m0/s1. The highest BCUT2D eigenvalue weighted by Gasteiger charge is 2.18. The highest BCUT2D eigenvalue weighted by Crippen LogP contribution is 2.19. The van der Waals surface area contributed by atoms with E-state index in [2.05, 4.69) is 4.98 Å². The van der Waals surface area contributed by atoms with Crippen LogP contribution in [0.2, 0.25) is 0 Å². The number of rotatable bonds is 6. The molecule has 3 rings (SSSR count). The second kappa shape index (κ2) is 6.78. The molecule has 7 heteroatoms. The average molecular weight is 317 g/mol. The second-order valence-electron chi connectivity index (χ2n) is 5.60. The smallest absolute Gasteiger partial charge is 0.343 e. The number of imidazole rings is 1. The Bertz CT molecular complexity index is 675. The molecule has 122 valence electrons. The molecule has 23 heavy (non-hydrogen) atoms. The van der Waals surface area contributed by atoms with Gasteiger partial charge in [0.1, 0.15) is 25.1 Å². The molecule has 1 aliphatic heterocycles. The van der Waals surface area contributed by atoms with Crippen LogP contribution in [0, 0.1) is 17.0 Å². The summed E-state index contributed by atoms with van der Waals surface area (Å²) in [6, 6.07) is 7.58. The van der Waals surface area contributed by atoms with Crippen LogP contribution in [0.25, 0.3) is 0 Å².